The number of benzene rings is 2. The number of amides is 1. The van der Waals surface area contributed by atoms with Gasteiger partial charge in [0.15, 0.2) is 0 Å². The van der Waals surface area contributed by atoms with Crippen LogP contribution in [-0.2, 0) is 23.1 Å². The van der Waals surface area contributed by atoms with E-state index < -0.39 is 10.0 Å². The highest BCUT2D eigenvalue weighted by atomic mass is 32.2. The molecule has 1 aliphatic rings. The van der Waals surface area contributed by atoms with Crippen LogP contribution in [0.15, 0.2) is 54.6 Å². The van der Waals surface area contributed by atoms with Crippen molar-refractivity contribution in [1.29, 1.82) is 0 Å². The van der Waals surface area contributed by atoms with Crippen molar-refractivity contribution in [2.75, 3.05) is 39.5 Å². The molecule has 0 unspecified atom stereocenters. The predicted molar refractivity (Wildman–Crippen MR) is 110 cm³/mol. The van der Waals surface area contributed by atoms with E-state index >= 15 is 0 Å². The molecule has 0 aromatic heterocycles. The molecule has 0 N–H and O–H groups in total. The second kappa shape index (κ2) is 8.86. The van der Waals surface area contributed by atoms with Crippen molar-refractivity contribution in [3.8, 4) is 0 Å². The Balaban J connectivity index is 1.54. The first-order valence-corrected chi connectivity index (χ1v) is 11.2. The summed E-state index contributed by atoms with van der Waals surface area (Å²) in [6, 6.07) is 17.6. The number of hydrogen-bond donors (Lipinski definition) is 0. The van der Waals surface area contributed by atoms with Gasteiger partial charge < -0.3 is 4.90 Å². The lowest BCUT2D eigenvalue weighted by atomic mass is 10.1. The Hall–Kier alpha value is -2.22. The van der Waals surface area contributed by atoms with Crippen molar-refractivity contribution < 1.29 is 13.2 Å². The highest BCUT2D eigenvalue weighted by Crippen LogP contribution is 2.13. The highest BCUT2D eigenvalue weighted by Gasteiger charge is 2.23. The third kappa shape index (κ3) is 5.41. The molecule has 1 aliphatic heterocycles. The maximum absolute atomic E-state index is 12.6. The topological polar surface area (TPSA) is 60.9 Å². The molecule has 0 saturated carbocycles. The van der Waals surface area contributed by atoms with Gasteiger partial charge in [-0.15, -0.1) is 0 Å². The van der Waals surface area contributed by atoms with Crippen LogP contribution in [-0.4, -0.2) is 67.9 Å². The quantitative estimate of drug-likeness (QED) is 0.743. The summed E-state index contributed by atoms with van der Waals surface area (Å²) in [5.41, 5.74) is 2.89. The fraction of sp³-hybridized carbons (Fsp3) is 0.381. The van der Waals surface area contributed by atoms with Crippen LogP contribution in [0, 0.1) is 0 Å². The van der Waals surface area contributed by atoms with E-state index in [1.165, 1.54) is 10.6 Å². The molecule has 2 aromatic rings. The van der Waals surface area contributed by atoms with Crippen LogP contribution in [0.5, 0.6) is 0 Å². The van der Waals surface area contributed by atoms with Gasteiger partial charge in [0.05, 0.1) is 6.26 Å². The second-order valence-electron chi connectivity index (χ2n) is 7.28. The fourth-order valence-electron chi connectivity index (χ4n) is 3.38. The molecular formula is C21H27N3O3S. The minimum absolute atomic E-state index is 0.00262. The Morgan fingerprint density at radius 2 is 1.54 bits per heavy atom. The van der Waals surface area contributed by atoms with E-state index in [2.05, 4.69) is 4.90 Å². The summed E-state index contributed by atoms with van der Waals surface area (Å²) in [6.07, 6.45) is 1.26. The zero-order chi connectivity index (χ0) is 20.1. The molecule has 0 aliphatic carbocycles. The van der Waals surface area contributed by atoms with E-state index in [-0.39, 0.29) is 5.91 Å². The number of nitrogens with zero attached hydrogens (tertiary/aromatic N) is 3. The van der Waals surface area contributed by atoms with Crippen molar-refractivity contribution in [1.82, 2.24) is 14.1 Å². The average Bonchev–Trinajstić information content (AvgIpc) is 2.68. The summed E-state index contributed by atoms with van der Waals surface area (Å²) in [5.74, 6) is -0.00262. The van der Waals surface area contributed by atoms with Gasteiger partial charge in [0.2, 0.25) is 10.0 Å². The van der Waals surface area contributed by atoms with Gasteiger partial charge in [-0.25, -0.2) is 8.42 Å². The van der Waals surface area contributed by atoms with Gasteiger partial charge in [0.1, 0.15) is 0 Å². The van der Waals surface area contributed by atoms with Crippen LogP contribution in [0.25, 0.3) is 0 Å². The first-order chi connectivity index (χ1) is 13.3. The summed E-state index contributed by atoms with van der Waals surface area (Å²) >= 11 is 0. The average molecular weight is 402 g/mol. The minimum Gasteiger partial charge on any atom is -0.337 e. The molecule has 6 nitrogen and oxygen atoms in total. The van der Waals surface area contributed by atoms with Crippen LogP contribution in [0.1, 0.15) is 21.5 Å². The molecule has 1 saturated heterocycles. The fourth-order valence-corrected chi connectivity index (χ4v) is 4.21. The SMILES string of the molecule is CN(Cc1ccccc1)C(=O)c1ccc(CN2CCN(S(C)(=O)=O)CC2)cc1. The van der Waals surface area contributed by atoms with Gasteiger partial charge in [0.25, 0.3) is 5.91 Å². The normalized spacial score (nSPS) is 16.1. The van der Waals surface area contributed by atoms with E-state index in [1.54, 1.807) is 4.90 Å². The lowest BCUT2D eigenvalue weighted by molar-refractivity contribution is 0.0785. The van der Waals surface area contributed by atoms with Crippen LogP contribution in [0.3, 0.4) is 0 Å². The van der Waals surface area contributed by atoms with Crippen LogP contribution < -0.4 is 0 Å². The Bertz CT molecular complexity index is 890. The van der Waals surface area contributed by atoms with Crippen molar-refractivity contribution in [3.05, 3.63) is 71.3 Å². The molecule has 0 radical (unpaired) electrons. The third-order valence-electron chi connectivity index (χ3n) is 5.02. The van der Waals surface area contributed by atoms with E-state index in [9.17, 15) is 13.2 Å². The molecule has 1 heterocycles. The van der Waals surface area contributed by atoms with E-state index in [0.29, 0.717) is 38.3 Å². The smallest absolute Gasteiger partial charge is 0.253 e. The molecule has 0 bridgehead atoms. The first-order valence-electron chi connectivity index (χ1n) is 9.39. The van der Waals surface area contributed by atoms with Crippen LogP contribution in [0.4, 0.5) is 0 Å². The summed E-state index contributed by atoms with van der Waals surface area (Å²) in [5, 5.41) is 0. The molecule has 1 fully saturated rings. The van der Waals surface area contributed by atoms with Gasteiger partial charge in [-0.3, -0.25) is 9.69 Å². The maximum atomic E-state index is 12.6. The standard InChI is InChI=1S/C21H27N3O3S/c1-22(16-18-6-4-3-5-7-18)21(25)20-10-8-19(9-11-20)17-23-12-14-24(15-13-23)28(2,26)27/h3-11H,12-17H2,1-2H3. The Morgan fingerprint density at radius 3 is 2.11 bits per heavy atom. The Labute approximate surface area is 167 Å². The van der Waals surface area contributed by atoms with Gasteiger partial charge >= 0.3 is 0 Å². The molecule has 150 valence electrons. The van der Waals surface area contributed by atoms with E-state index in [0.717, 1.165) is 17.7 Å². The third-order valence-corrected chi connectivity index (χ3v) is 6.32. The van der Waals surface area contributed by atoms with Crippen molar-refractivity contribution in [2.24, 2.45) is 0 Å². The summed E-state index contributed by atoms with van der Waals surface area (Å²) < 4.78 is 24.7. The highest BCUT2D eigenvalue weighted by molar-refractivity contribution is 7.88. The predicted octanol–water partition coefficient (Wildman–Crippen LogP) is 2.04. The monoisotopic (exact) mass is 401 g/mol. The van der Waals surface area contributed by atoms with E-state index in [1.807, 2.05) is 61.6 Å². The summed E-state index contributed by atoms with van der Waals surface area (Å²) in [7, 11) is -1.29. The van der Waals surface area contributed by atoms with Gasteiger partial charge in [-0.2, -0.15) is 4.31 Å². The zero-order valence-electron chi connectivity index (χ0n) is 16.4. The second-order valence-corrected chi connectivity index (χ2v) is 9.26. The molecular weight excluding hydrogens is 374 g/mol. The molecule has 7 heteroatoms. The summed E-state index contributed by atoms with van der Waals surface area (Å²) in [6.45, 7) is 3.82. The molecule has 2 aromatic carbocycles. The number of sulfonamides is 1. The van der Waals surface area contributed by atoms with Crippen LogP contribution in [0.2, 0.25) is 0 Å². The maximum Gasteiger partial charge on any atom is 0.253 e. The molecule has 0 atom stereocenters. The van der Waals surface area contributed by atoms with Gasteiger partial charge in [-0.05, 0) is 23.3 Å². The minimum atomic E-state index is -3.10. The van der Waals surface area contributed by atoms with Gasteiger partial charge in [0, 0.05) is 51.9 Å². The number of piperazine rings is 1. The largest absolute Gasteiger partial charge is 0.337 e. The lowest BCUT2D eigenvalue weighted by Crippen LogP contribution is -2.47. The molecule has 28 heavy (non-hydrogen) atoms. The molecule has 3 rings (SSSR count). The zero-order valence-corrected chi connectivity index (χ0v) is 17.2. The number of hydrogen-bond acceptors (Lipinski definition) is 4. The van der Waals surface area contributed by atoms with Crippen molar-refractivity contribution >= 4 is 15.9 Å². The van der Waals surface area contributed by atoms with Gasteiger partial charge in [-0.1, -0.05) is 42.5 Å². The summed E-state index contributed by atoms with van der Waals surface area (Å²) in [4.78, 5) is 16.6. The molecule has 0 spiro atoms. The van der Waals surface area contributed by atoms with Crippen molar-refractivity contribution in [3.63, 3.8) is 0 Å². The number of rotatable bonds is 6. The number of carbonyl (C=O) groups is 1. The Morgan fingerprint density at radius 1 is 0.929 bits per heavy atom. The van der Waals surface area contributed by atoms with E-state index in [4.69, 9.17) is 0 Å². The lowest BCUT2D eigenvalue weighted by Gasteiger charge is -2.33. The van der Waals surface area contributed by atoms with Crippen LogP contribution >= 0.6 is 0 Å². The first kappa shape index (κ1) is 20.5. The van der Waals surface area contributed by atoms with Crippen molar-refractivity contribution in [2.45, 2.75) is 13.1 Å². The number of carbonyl (C=O) groups excluding carboxylic acids is 1. The molecule has 1 amide bonds. The Kier molecular flexibility index (Phi) is 6.49.